The zero-order valence-corrected chi connectivity index (χ0v) is 9.95. The fourth-order valence-electron chi connectivity index (χ4n) is 2.19. The molecule has 80 valence electrons. The average Bonchev–Trinajstić information content (AvgIpc) is 2.46. The summed E-state index contributed by atoms with van der Waals surface area (Å²) in [6, 6.07) is 0. The van der Waals surface area contributed by atoms with Crippen molar-refractivity contribution >= 4 is 18.8 Å². The van der Waals surface area contributed by atoms with Crippen LogP contribution in [0.5, 0.6) is 0 Å². The maximum atomic E-state index is 4.51. The Labute approximate surface area is 97.1 Å². The van der Waals surface area contributed by atoms with E-state index >= 15 is 0 Å². The first-order chi connectivity index (χ1) is 7.36. The van der Waals surface area contributed by atoms with Crippen LogP contribution in [0.1, 0.15) is 19.8 Å². The number of rotatable bonds is 3. The molecule has 0 aromatic heterocycles. The Morgan fingerprint density at radius 3 is 3.13 bits per heavy atom. The summed E-state index contributed by atoms with van der Waals surface area (Å²) in [4.78, 5) is 4.51. The van der Waals surface area contributed by atoms with E-state index in [0.29, 0.717) is 11.8 Å². The Hall–Kier alpha value is -0.760. The second-order valence-electron chi connectivity index (χ2n) is 3.98. The Morgan fingerprint density at radius 2 is 2.40 bits per heavy atom. The Kier molecular flexibility index (Phi) is 3.47. The van der Waals surface area contributed by atoms with Gasteiger partial charge in [-0.25, -0.2) is 0 Å². The molecule has 0 N–H and O–H groups in total. The van der Waals surface area contributed by atoms with Crippen molar-refractivity contribution in [2.75, 3.05) is 5.75 Å². The maximum absolute atomic E-state index is 4.51. The first-order valence-electron chi connectivity index (χ1n) is 5.57. The number of aliphatic imine (C=N–C) groups is 1. The minimum absolute atomic E-state index is 0.497. The van der Waals surface area contributed by atoms with E-state index < -0.39 is 0 Å². The van der Waals surface area contributed by atoms with E-state index in [1.54, 1.807) is 5.57 Å². The third-order valence-corrected chi connectivity index (χ3v) is 3.53. The number of hydrogen-bond donors (Lipinski definition) is 1. The molecule has 0 radical (unpaired) electrons. The van der Waals surface area contributed by atoms with Gasteiger partial charge in [0.15, 0.2) is 0 Å². The Balaban J connectivity index is 2.16. The highest BCUT2D eigenvalue weighted by Gasteiger charge is 2.32. The predicted octanol–water partition coefficient (Wildman–Crippen LogP) is 3.41. The molecule has 0 fully saturated rings. The first-order valence-corrected chi connectivity index (χ1v) is 6.20. The van der Waals surface area contributed by atoms with Crippen LogP contribution in [0.3, 0.4) is 0 Å². The molecule has 0 aromatic rings. The van der Waals surface area contributed by atoms with Gasteiger partial charge in [-0.1, -0.05) is 30.7 Å². The van der Waals surface area contributed by atoms with Gasteiger partial charge in [0.2, 0.25) is 0 Å². The monoisotopic (exact) mass is 219 g/mol. The quantitative estimate of drug-likeness (QED) is 0.551. The number of nitrogens with zero attached hydrogens (tertiary/aromatic N) is 1. The highest BCUT2D eigenvalue weighted by atomic mass is 32.1. The zero-order valence-electron chi connectivity index (χ0n) is 9.06. The summed E-state index contributed by atoms with van der Waals surface area (Å²) in [6.07, 6.45) is 12.8. The molecule has 0 bridgehead atoms. The van der Waals surface area contributed by atoms with Crippen molar-refractivity contribution in [1.82, 2.24) is 0 Å². The SMILES string of the molecule is CCC1=CC(C2=CC=CCC=N2)C1CS. The van der Waals surface area contributed by atoms with E-state index in [-0.39, 0.29) is 0 Å². The van der Waals surface area contributed by atoms with Gasteiger partial charge in [-0.05, 0) is 18.2 Å². The van der Waals surface area contributed by atoms with E-state index in [1.165, 1.54) is 5.70 Å². The minimum Gasteiger partial charge on any atom is -0.265 e. The number of allylic oxidation sites excluding steroid dienone is 5. The van der Waals surface area contributed by atoms with Gasteiger partial charge >= 0.3 is 0 Å². The molecule has 2 aliphatic rings. The van der Waals surface area contributed by atoms with E-state index in [2.05, 4.69) is 48.8 Å². The van der Waals surface area contributed by atoms with Crippen LogP contribution in [0.4, 0.5) is 0 Å². The van der Waals surface area contributed by atoms with Crippen molar-refractivity contribution in [2.45, 2.75) is 19.8 Å². The molecule has 1 aliphatic heterocycles. The maximum Gasteiger partial charge on any atom is 0.0474 e. The van der Waals surface area contributed by atoms with Crippen LogP contribution < -0.4 is 0 Å². The summed E-state index contributed by atoms with van der Waals surface area (Å²) in [5, 5.41) is 0. The van der Waals surface area contributed by atoms with Crippen LogP contribution in [0.15, 0.2) is 40.6 Å². The van der Waals surface area contributed by atoms with Gasteiger partial charge in [0.05, 0.1) is 0 Å². The molecule has 0 spiro atoms. The predicted molar refractivity (Wildman–Crippen MR) is 69.5 cm³/mol. The Morgan fingerprint density at radius 1 is 1.53 bits per heavy atom. The molecule has 15 heavy (non-hydrogen) atoms. The molecule has 1 aliphatic carbocycles. The summed E-state index contributed by atoms with van der Waals surface area (Å²) in [5.41, 5.74) is 2.74. The molecule has 2 rings (SSSR count). The summed E-state index contributed by atoms with van der Waals surface area (Å²) in [7, 11) is 0. The fourth-order valence-corrected chi connectivity index (χ4v) is 2.65. The summed E-state index contributed by atoms with van der Waals surface area (Å²) in [6.45, 7) is 2.21. The lowest BCUT2D eigenvalue weighted by Crippen LogP contribution is -2.27. The second-order valence-corrected chi connectivity index (χ2v) is 4.34. The number of thiol groups is 1. The fraction of sp³-hybridized carbons (Fsp3) is 0.462. The minimum atomic E-state index is 0.497. The summed E-state index contributed by atoms with van der Waals surface area (Å²) >= 11 is 4.43. The van der Waals surface area contributed by atoms with Gasteiger partial charge in [-0.15, -0.1) is 0 Å². The third-order valence-electron chi connectivity index (χ3n) is 3.13. The van der Waals surface area contributed by atoms with Crippen LogP contribution >= 0.6 is 12.6 Å². The molecule has 0 amide bonds. The standard InChI is InChI=1S/C13H17NS/c1-2-10-8-11(12(10)9-15)13-6-4-3-5-7-14-13/h3-4,6-8,11-12,15H,2,5,9H2,1H3. The van der Waals surface area contributed by atoms with E-state index in [0.717, 1.165) is 18.6 Å². The Bertz CT molecular complexity index is 350. The highest BCUT2D eigenvalue weighted by Crippen LogP contribution is 2.41. The van der Waals surface area contributed by atoms with Gasteiger partial charge < -0.3 is 0 Å². The van der Waals surface area contributed by atoms with Gasteiger partial charge in [0.1, 0.15) is 0 Å². The van der Waals surface area contributed by atoms with Crippen LogP contribution in [-0.2, 0) is 0 Å². The summed E-state index contributed by atoms with van der Waals surface area (Å²) in [5.74, 6) is 2.03. The normalized spacial score (nSPS) is 29.2. The lowest BCUT2D eigenvalue weighted by Gasteiger charge is -2.35. The van der Waals surface area contributed by atoms with Gasteiger partial charge in [-0.2, -0.15) is 12.6 Å². The molecule has 2 heteroatoms. The van der Waals surface area contributed by atoms with E-state index in [4.69, 9.17) is 0 Å². The second kappa shape index (κ2) is 4.84. The van der Waals surface area contributed by atoms with Crippen LogP contribution in [0, 0.1) is 11.8 Å². The molecular formula is C13H17NS. The van der Waals surface area contributed by atoms with Crippen LogP contribution in [-0.4, -0.2) is 12.0 Å². The van der Waals surface area contributed by atoms with Crippen molar-refractivity contribution in [3.8, 4) is 0 Å². The highest BCUT2D eigenvalue weighted by molar-refractivity contribution is 7.80. The molecule has 1 heterocycles. The molecule has 2 unspecified atom stereocenters. The van der Waals surface area contributed by atoms with Crippen molar-refractivity contribution in [2.24, 2.45) is 16.8 Å². The smallest absolute Gasteiger partial charge is 0.0474 e. The number of hydrogen-bond acceptors (Lipinski definition) is 2. The van der Waals surface area contributed by atoms with Crippen molar-refractivity contribution in [3.05, 3.63) is 35.6 Å². The summed E-state index contributed by atoms with van der Waals surface area (Å²) < 4.78 is 0. The lowest BCUT2D eigenvalue weighted by atomic mass is 9.73. The molecule has 0 saturated carbocycles. The van der Waals surface area contributed by atoms with Gasteiger partial charge in [-0.3, -0.25) is 4.99 Å². The molecule has 2 atom stereocenters. The molecule has 0 saturated heterocycles. The molecule has 1 nitrogen and oxygen atoms in total. The lowest BCUT2D eigenvalue weighted by molar-refractivity contribution is 0.476. The van der Waals surface area contributed by atoms with E-state index in [1.807, 2.05) is 6.21 Å². The van der Waals surface area contributed by atoms with Crippen LogP contribution in [0.2, 0.25) is 0 Å². The van der Waals surface area contributed by atoms with Gasteiger partial charge in [0.25, 0.3) is 0 Å². The zero-order chi connectivity index (χ0) is 10.7. The topological polar surface area (TPSA) is 12.4 Å². The van der Waals surface area contributed by atoms with Crippen molar-refractivity contribution in [3.63, 3.8) is 0 Å². The first kappa shape index (κ1) is 10.7. The van der Waals surface area contributed by atoms with Crippen molar-refractivity contribution in [1.29, 1.82) is 0 Å². The average molecular weight is 219 g/mol. The third kappa shape index (κ3) is 2.10. The molecule has 0 aromatic carbocycles. The molecular weight excluding hydrogens is 202 g/mol. The van der Waals surface area contributed by atoms with Crippen LogP contribution in [0.25, 0.3) is 0 Å². The van der Waals surface area contributed by atoms with E-state index in [9.17, 15) is 0 Å². The van der Waals surface area contributed by atoms with Gasteiger partial charge in [0, 0.05) is 30.2 Å². The van der Waals surface area contributed by atoms with Crippen molar-refractivity contribution < 1.29 is 0 Å². The largest absolute Gasteiger partial charge is 0.265 e.